The molecule has 0 saturated carbocycles. The van der Waals surface area contributed by atoms with E-state index in [1.165, 1.54) is 12.1 Å². The van der Waals surface area contributed by atoms with Gasteiger partial charge in [0.2, 0.25) is 15.9 Å². The van der Waals surface area contributed by atoms with Gasteiger partial charge in [-0.15, -0.1) is 0 Å². The summed E-state index contributed by atoms with van der Waals surface area (Å²) in [6.45, 7) is 7.35. The molecule has 7 heteroatoms. The zero-order valence-electron chi connectivity index (χ0n) is 14.6. The summed E-state index contributed by atoms with van der Waals surface area (Å²) in [5, 5.41) is 6.07. The number of nitrogens with one attached hydrogen (secondary N) is 3. The number of hydrogen-bond donors (Lipinski definition) is 3. The first-order chi connectivity index (χ1) is 11.2. The fourth-order valence-electron chi connectivity index (χ4n) is 2.72. The van der Waals surface area contributed by atoms with Crippen molar-refractivity contribution in [3.63, 3.8) is 0 Å². The summed E-state index contributed by atoms with van der Waals surface area (Å²) in [5.41, 5.74) is -0.0609. The number of anilines is 1. The van der Waals surface area contributed by atoms with Crippen LogP contribution in [0.3, 0.4) is 0 Å². The van der Waals surface area contributed by atoms with E-state index in [1.54, 1.807) is 32.9 Å². The van der Waals surface area contributed by atoms with Crippen LogP contribution in [0, 0.1) is 5.92 Å². The molecule has 1 aliphatic heterocycles. The van der Waals surface area contributed by atoms with Crippen molar-refractivity contribution in [3.05, 3.63) is 24.3 Å². The fourth-order valence-corrected chi connectivity index (χ4v) is 4.19. The Labute approximate surface area is 144 Å². The molecule has 1 aromatic rings. The summed E-state index contributed by atoms with van der Waals surface area (Å²) in [4.78, 5) is 12.2. The number of benzene rings is 1. The molecule has 1 aromatic carbocycles. The molecule has 1 atom stereocenters. The minimum absolute atomic E-state index is 0.0831. The zero-order valence-corrected chi connectivity index (χ0v) is 15.4. The Bertz CT molecular complexity index is 675. The normalized spacial score (nSPS) is 18.5. The second-order valence-corrected chi connectivity index (χ2v) is 9.01. The highest BCUT2D eigenvalue weighted by molar-refractivity contribution is 7.89. The van der Waals surface area contributed by atoms with E-state index in [1.807, 2.05) is 0 Å². The molecule has 1 amide bonds. The van der Waals surface area contributed by atoms with Gasteiger partial charge in [-0.25, -0.2) is 13.1 Å². The molecule has 1 heterocycles. The average molecular weight is 353 g/mol. The van der Waals surface area contributed by atoms with Gasteiger partial charge in [-0.05, 0) is 70.8 Å². The van der Waals surface area contributed by atoms with E-state index >= 15 is 0 Å². The lowest BCUT2D eigenvalue weighted by atomic mass is 10.0. The van der Waals surface area contributed by atoms with Crippen LogP contribution in [0.2, 0.25) is 0 Å². The van der Waals surface area contributed by atoms with Gasteiger partial charge in [0.05, 0.1) is 4.90 Å². The van der Waals surface area contributed by atoms with Gasteiger partial charge in [0.15, 0.2) is 0 Å². The predicted molar refractivity (Wildman–Crippen MR) is 95.4 cm³/mol. The van der Waals surface area contributed by atoms with Crippen LogP contribution in [0.15, 0.2) is 29.2 Å². The molecule has 1 unspecified atom stereocenters. The van der Waals surface area contributed by atoms with Gasteiger partial charge in [-0.2, -0.15) is 0 Å². The van der Waals surface area contributed by atoms with Gasteiger partial charge in [-0.1, -0.05) is 6.07 Å². The third kappa shape index (κ3) is 5.89. The Balaban J connectivity index is 1.98. The summed E-state index contributed by atoms with van der Waals surface area (Å²) in [6.07, 6.45) is 2.41. The lowest BCUT2D eigenvalue weighted by molar-refractivity contribution is -0.116. The summed E-state index contributed by atoms with van der Waals surface area (Å²) in [5.74, 6) is 0.471. The van der Waals surface area contributed by atoms with Crippen LogP contribution in [-0.4, -0.2) is 33.0 Å². The molecule has 0 spiro atoms. The minimum atomic E-state index is -3.61. The van der Waals surface area contributed by atoms with Crippen molar-refractivity contribution in [2.24, 2.45) is 5.92 Å². The molecule has 1 aliphatic rings. The van der Waals surface area contributed by atoms with E-state index < -0.39 is 15.6 Å². The summed E-state index contributed by atoms with van der Waals surface area (Å²) in [6, 6.07) is 6.34. The topological polar surface area (TPSA) is 87.3 Å². The number of carbonyl (C=O) groups excluding carboxylic acids is 1. The van der Waals surface area contributed by atoms with E-state index in [2.05, 4.69) is 15.4 Å². The van der Waals surface area contributed by atoms with Crippen LogP contribution in [0.5, 0.6) is 0 Å². The van der Waals surface area contributed by atoms with Crippen molar-refractivity contribution in [1.82, 2.24) is 10.0 Å². The fraction of sp³-hybridized carbons (Fsp3) is 0.588. The lowest BCUT2D eigenvalue weighted by Crippen LogP contribution is -2.40. The second kappa shape index (κ2) is 7.63. The maximum absolute atomic E-state index is 12.4. The van der Waals surface area contributed by atoms with Crippen LogP contribution in [0.1, 0.15) is 40.0 Å². The highest BCUT2D eigenvalue weighted by atomic mass is 32.2. The van der Waals surface area contributed by atoms with Gasteiger partial charge in [-0.3, -0.25) is 4.79 Å². The molecule has 24 heavy (non-hydrogen) atoms. The van der Waals surface area contributed by atoms with Crippen LogP contribution in [0.25, 0.3) is 0 Å². The number of amides is 1. The Morgan fingerprint density at radius 2 is 2.08 bits per heavy atom. The number of carbonyl (C=O) groups is 1. The Hall–Kier alpha value is -1.44. The molecule has 3 N–H and O–H groups in total. The zero-order chi connectivity index (χ0) is 17.8. The molecule has 1 fully saturated rings. The van der Waals surface area contributed by atoms with Gasteiger partial charge < -0.3 is 10.6 Å². The lowest BCUT2D eigenvalue weighted by Gasteiger charge is -2.20. The van der Waals surface area contributed by atoms with Crippen LogP contribution in [0.4, 0.5) is 5.69 Å². The summed E-state index contributed by atoms with van der Waals surface area (Å²) >= 11 is 0. The first-order valence-electron chi connectivity index (χ1n) is 8.30. The Morgan fingerprint density at radius 3 is 2.71 bits per heavy atom. The molecular formula is C17H27N3O3S. The average Bonchev–Trinajstić information content (AvgIpc) is 2.96. The number of hydrogen-bond acceptors (Lipinski definition) is 4. The van der Waals surface area contributed by atoms with E-state index in [0.717, 1.165) is 25.9 Å². The maximum Gasteiger partial charge on any atom is 0.241 e. The molecule has 0 bridgehead atoms. The standard InChI is InChI=1S/C17H27N3O3S/c1-17(2,3)20-24(22,23)15-6-4-5-14(11-15)19-16(21)8-7-13-9-10-18-12-13/h4-6,11,13,18,20H,7-10,12H2,1-3H3,(H,19,21). The number of sulfonamides is 1. The van der Waals surface area contributed by atoms with Crippen molar-refractivity contribution < 1.29 is 13.2 Å². The van der Waals surface area contributed by atoms with Crippen LogP contribution in [-0.2, 0) is 14.8 Å². The molecule has 0 aromatic heterocycles. The van der Waals surface area contributed by atoms with E-state index in [9.17, 15) is 13.2 Å². The van der Waals surface area contributed by atoms with E-state index in [0.29, 0.717) is 18.0 Å². The number of rotatable bonds is 6. The minimum Gasteiger partial charge on any atom is -0.326 e. The van der Waals surface area contributed by atoms with Gasteiger partial charge in [0.1, 0.15) is 0 Å². The van der Waals surface area contributed by atoms with E-state index in [-0.39, 0.29) is 10.8 Å². The Morgan fingerprint density at radius 1 is 1.33 bits per heavy atom. The first kappa shape index (κ1) is 18.9. The molecule has 1 saturated heterocycles. The quantitative estimate of drug-likeness (QED) is 0.731. The monoisotopic (exact) mass is 353 g/mol. The summed E-state index contributed by atoms with van der Waals surface area (Å²) < 4.78 is 27.3. The summed E-state index contributed by atoms with van der Waals surface area (Å²) in [7, 11) is -3.61. The highest BCUT2D eigenvalue weighted by Crippen LogP contribution is 2.19. The molecular weight excluding hydrogens is 326 g/mol. The smallest absolute Gasteiger partial charge is 0.241 e. The van der Waals surface area contributed by atoms with Crippen molar-refractivity contribution >= 4 is 21.6 Å². The van der Waals surface area contributed by atoms with Gasteiger partial charge in [0.25, 0.3) is 0 Å². The molecule has 0 radical (unpaired) electrons. The predicted octanol–water partition coefficient (Wildman–Crippen LogP) is 2.09. The van der Waals surface area contributed by atoms with Gasteiger partial charge in [0, 0.05) is 17.6 Å². The molecule has 6 nitrogen and oxygen atoms in total. The molecule has 134 valence electrons. The maximum atomic E-state index is 12.4. The van der Waals surface area contributed by atoms with Crippen LogP contribution < -0.4 is 15.4 Å². The third-order valence-electron chi connectivity index (χ3n) is 3.81. The molecule has 2 rings (SSSR count). The van der Waals surface area contributed by atoms with Crippen LogP contribution >= 0.6 is 0 Å². The Kier molecular flexibility index (Phi) is 6.01. The van der Waals surface area contributed by atoms with Crippen molar-refractivity contribution in [2.75, 3.05) is 18.4 Å². The van der Waals surface area contributed by atoms with Gasteiger partial charge >= 0.3 is 0 Å². The highest BCUT2D eigenvalue weighted by Gasteiger charge is 2.22. The SMILES string of the molecule is CC(C)(C)NS(=O)(=O)c1cccc(NC(=O)CCC2CCNC2)c1. The first-order valence-corrected chi connectivity index (χ1v) is 9.79. The van der Waals surface area contributed by atoms with Crippen molar-refractivity contribution in [2.45, 2.75) is 50.5 Å². The second-order valence-electron chi connectivity index (χ2n) is 7.33. The van der Waals surface area contributed by atoms with Crippen molar-refractivity contribution in [1.29, 1.82) is 0 Å². The third-order valence-corrected chi connectivity index (χ3v) is 5.57. The van der Waals surface area contributed by atoms with E-state index in [4.69, 9.17) is 0 Å². The largest absolute Gasteiger partial charge is 0.326 e. The van der Waals surface area contributed by atoms with Crippen molar-refractivity contribution in [3.8, 4) is 0 Å². The molecule has 0 aliphatic carbocycles.